The fourth-order valence-electron chi connectivity index (χ4n) is 12.7. The van der Waals surface area contributed by atoms with Crippen molar-refractivity contribution in [3.8, 4) is 0 Å². The average Bonchev–Trinajstić information content (AvgIpc) is 3.52. The number of amides is 1. The minimum Gasteiger partial charge on any atom is -0.481 e. The van der Waals surface area contributed by atoms with E-state index in [0.29, 0.717) is 25.9 Å². The highest BCUT2D eigenvalue weighted by Crippen LogP contribution is 2.80. The molecule has 6 aliphatic rings. The number of carboxylic acids is 1. The molecule has 7 bridgehead atoms. The molecule has 0 radical (unpaired) electrons. The van der Waals surface area contributed by atoms with Crippen molar-refractivity contribution in [1.29, 1.82) is 0 Å². The molecule has 5 aliphatic carbocycles. The minimum atomic E-state index is -1.71. The van der Waals surface area contributed by atoms with E-state index in [1.54, 1.807) is 52.7 Å². The molecule has 5 saturated carbocycles. The zero-order valence-electron chi connectivity index (χ0n) is 29.8. The van der Waals surface area contributed by atoms with Gasteiger partial charge in [0.1, 0.15) is 11.2 Å². The Labute approximate surface area is 292 Å². The normalized spacial score (nSPS) is 44.4. The number of rotatable bonds is 12. The van der Waals surface area contributed by atoms with Crippen LogP contribution < -0.4 is 5.32 Å². The molecule has 1 amide bonds. The number of para-hydroxylation sites is 1. The van der Waals surface area contributed by atoms with Crippen molar-refractivity contribution in [3.05, 3.63) is 29.8 Å². The summed E-state index contributed by atoms with van der Waals surface area (Å²) in [5.41, 5.74) is -4.20. The summed E-state index contributed by atoms with van der Waals surface area (Å²) in [5, 5.41) is 38.4. The van der Waals surface area contributed by atoms with Gasteiger partial charge in [0, 0.05) is 75.9 Å². The molecule has 14 atom stereocenters. The van der Waals surface area contributed by atoms with E-state index in [4.69, 9.17) is 28.8 Å². The predicted octanol–water partition coefficient (Wildman–Crippen LogP) is 2.19. The second-order valence-corrected chi connectivity index (χ2v) is 15.8. The van der Waals surface area contributed by atoms with Crippen LogP contribution in [0.3, 0.4) is 0 Å². The predicted molar refractivity (Wildman–Crippen MR) is 178 cm³/mol. The maximum atomic E-state index is 13.9. The number of carbonyl (C=O) groups excluding carboxylic acids is 2. The number of nitrogens with one attached hydrogen (secondary N) is 1. The Kier molecular flexibility index (Phi) is 8.93. The van der Waals surface area contributed by atoms with Crippen LogP contribution in [0.5, 0.6) is 0 Å². The number of hydrogen-bond donors (Lipinski definition) is 4. The van der Waals surface area contributed by atoms with E-state index in [-0.39, 0.29) is 72.7 Å². The molecule has 1 aliphatic heterocycles. The Hall–Kier alpha value is -2.65. The third-order valence-corrected chi connectivity index (χ3v) is 14.1. The number of ether oxygens (including phenoxy) is 5. The standard InChI is InChI=1S/C37H52N2O11/c1-7-39-17-34(18-50-32(43)20-10-8-9-11-23(20)38-31(42)19(2)14-26(40)41)13-12-25(47-4)36-22-15-21-24(46-3)16-35(44,27(22)28(21)48-5)37(45,33(36)39)30(49-6)29(34)36/h8-11,19,21-22,24-25,27-30,33,44-45H,7,12-18H2,1-6H3,(H,38,42)(H,40,41)/t19-,21-,22-,24+,25+,27-,28+,29-,30+,33+,34+,35-,36+,37-/m1/s1. The summed E-state index contributed by atoms with van der Waals surface area (Å²) in [7, 11) is 6.66. The van der Waals surface area contributed by atoms with E-state index < -0.39 is 57.9 Å². The summed E-state index contributed by atoms with van der Waals surface area (Å²) >= 11 is 0. The molecule has 1 aromatic rings. The van der Waals surface area contributed by atoms with Crippen LogP contribution in [0.2, 0.25) is 0 Å². The lowest BCUT2D eigenvalue weighted by atomic mass is 9.42. The molecular formula is C37H52N2O11. The molecule has 0 unspecified atom stereocenters. The molecule has 13 heteroatoms. The number of fused-ring (bicyclic) bond motifs is 2. The van der Waals surface area contributed by atoms with Crippen molar-refractivity contribution in [3.63, 3.8) is 0 Å². The maximum Gasteiger partial charge on any atom is 0.340 e. The number of carboxylic acid groups (broad SMARTS) is 1. The van der Waals surface area contributed by atoms with Crippen LogP contribution in [0, 0.1) is 40.4 Å². The van der Waals surface area contributed by atoms with Gasteiger partial charge in [0.2, 0.25) is 5.91 Å². The van der Waals surface area contributed by atoms with Crippen LogP contribution >= 0.6 is 0 Å². The van der Waals surface area contributed by atoms with Crippen molar-refractivity contribution in [2.24, 2.45) is 40.4 Å². The number of hydrogen-bond acceptors (Lipinski definition) is 11. The smallest absolute Gasteiger partial charge is 0.340 e. The Morgan fingerprint density at radius 2 is 1.80 bits per heavy atom. The van der Waals surface area contributed by atoms with E-state index in [1.165, 1.54) is 6.92 Å². The number of benzene rings is 1. The summed E-state index contributed by atoms with van der Waals surface area (Å²) in [5.74, 6) is -3.79. The number of methoxy groups -OCH3 is 4. The van der Waals surface area contributed by atoms with Gasteiger partial charge in [-0.2, -0.15) is 0 Å². The SMILES string of the molecule is CCN1C[C@]2(COC(=O)c3ccccc3NC(=O)[C@H](C)CC(=O)O)CC[C@H](OC)[C@@]34[C@@H]5C[C@H]6[C@H](OC)[C@@H]5[C@](O)(C[C@@H]6OC)[C@@](O)([C@@H](OC)[C@H]23)[C@@H]14. The van der Waals surface area contributed by atoms with Gasteiger partial charge in [0.05, 0.1) is 54.7 Å². The molecule has 1 heterocycles. The quantitative estimate of drug-likeness (QED) is 0.235. The van der Waals surface area contributed by atoms with E-state index in [1.807, 2.05) is 0 Å². The number of carbonyl (C=O) groups is 3. The first-order valence-corrected chi connectivity index (χ1v) is 17.9. The molecule has 1 aromatic carbocycles. The molecule has 7 rings (SSSR count). The monoisotopic (exact) mass is 700 g/mol. The van der Waals surface area contributed by atoms with Crippen molar-refractivity contribution < 1.29 is 53.4 Å². The second-order valence-electron chi connectivity index (χ2n) is 15.8. The lowest BCUT2D eigenvalue weighted by Gasteiger charge is -2.70. The fraction of sp³-hybridized carbons (Fsp3) is 0.757. The highest BCUT2D eigenvalue weighted by Gasteiger charge is 2.91. The van der Waals surface area contributed by atoms with Gasteiger partial charge in [-0.05, 0) is 43.9 Å². The summed E-state index contributed by atoms with van der Waals surface area (Å²) in [4.78, 5) is 40.2. The number of esters is 1. The van der Waals surface area contributed by atoms with Gasteiger partial charge in [-0.1, -0.05) is 26.0 Å². The summed E-state index contributed by atoms with van der Waals surface area (Å²) < 4.78 is 31.3. The summed E-state index contributed by atoms with van der Waals surface area (Å²) in [6, 6.07) is 6.05. The largest absolute Gasteiger partial charge is 0.481 e. The zero-order valence-corrected chi connectivity index (χ0v) is 29.8. The van der Waals surface area contributed by atoms with Crippen molar-refractivity contribution >= 4 is 23.5 Å². The maximum absolute atomic E-state index is 13.9. The first kappa shape index (κ1) is 35.7. The van der Waals surface area contributed by atoms with Crippen LogP contribution in [0.1, 0.15) is 56.3 Å². The summed E-state index contributed by atoms with van der Waals surface area (Å²) in [6.07, 6.45) is 0.295. The topological polar surface area (TPSA) is 173 Å². The average molecular weight is 701 g/mol. The van der Waals surface area contributed by atoms with Gasteiger partial charge in [0.25, 0.3) is 0 Å². The number of aliphatic carboxylic acids is 1. The van der Waals surface area contributed by atoms with Crippen LogP contribution in [0.15, 0.2) is 24.3 Å². The number of anilines is 1. The van der Waals surface area contributed by atoms with Crippen LogP contribution in [0.4, 0.5) is 5.69 Å². The Balaban J connectivity index is 1.29. The number of aliphatic hydroxyl groups is 2. The van der Waals surface area contributed by atoms with Crippen LogP contribution in [-0.2, 0) is 33.3 Å². The molecule has 1 spiro atoms. The number of piperidine rings is 1. The van der Waals surface area contributed by atoms with Gasteiger partial charge >= 0.3 is 11.9 Å². The number of likely N-dealkylation sites (tertiary alicyclic amines) is 1. The van der Waals surface area contributed by atoms with Gasteiger partial charge in [0.15, 0.2) is 0 Å². The van der Waals surface area contributed by atoms with Crippen LogP contribution in [-0.4, -0.2) is 128 Å². The second kappa shape index (κ2) is 12.5. The fourth-order valence-corrected chi connectivity index (χ4v) is 12.7. The van der Waals surface area contributed by atoms with Crippen molar-refractivity contribution in [2.45, 2.75) is 87.6 Å². The lowest BCUT2D eigenvalue weighted by molar-refractivity contribution is -0.320. The zero-order chi connectivity index (χ0) is 36.0. The molecule has 6 fully saturated rings. The third kappa shape index (κ3) is 4.46. The summed E-state index contributed by atoms with van der Waals surface area (Å²) in [6.45, 7) is 4.72. The third-order valence-electron chi connectivity index (χ3n) is 14.1. The van der Waals surface area contributed by atoms with Gasteiger partial charge in [-0.25, -0.2) is 4.79 Å². The highest BCUT2D eigenvalue weighted by molar-refractivity contribution is 6.02. The minimum absolute atomic E-state index is 0.0270. The molecule has 1 saturated heterocycles. The molecule has 4 N–H and O–H groups in total. The number of likely N-dealkylation sites (N-methyl/N-ethyl adjacent to an activating group) is 1. The molecule has 13 nitrogen and oxygen atoms in total. The van der Waals surface area contributed by atoms with Crippen molar-refractivity contribution in [1.82, 2.24) is 4.90 Å². The Bertz CT molecular complexity index is 1530. The molecule has 276 valence electrons. The lowest BCUT2D eigenvalue weighted by Crippen LogP contribution is -2.82. The van der Waals surface area contributed by atoms with E-state index in [2.05, 4.69) is 17.1 Å². The molecule has 50 heavy (non-hydrogen) atoms. The van der Waals surface area contributed by atoms with Gasteiger partial charge in [-0.15, -0.1) is 0 Å². The first-order valence-electron chi connectivity index (χ1n) is 17.9. The number of nitrogens with zero attached hydrogens (tertiary/aromatic N) is 1. The molecule has 0 aromatic heterocycles. The first-order chi connectivity index (χ1) is 23.8. The van der Waals surface area contributed by atoms with E-state index in [0.717, 1.165) is 6.42 Å². The van der Waals surface area contributed by atoms with Crippen molar-refractivity contribution in [2.75, 3.05) is 53.5 Å². The molecular weight excluding hydrogens is 648 g/mol. The van der Waals surface area contributed by atoms with Gasteiger partial charge in [-0.3, -0.25) is 14.5 Å². The van der Waals surface area contributed by atoms with E-state index >= 15 is 0 Å². The highest BCUT2D eigenvalue weighted by atomic mass is 16.5. The van der Waals surface area contributed by atoms with Gasteiger partial charge < -0.3 is 44.3 Å². The van der Waals surface area contributed by atoms with E-state index in [9.17, 15) is 24.6 Å². The Morgan fingerprint density at radius 3 is 2.44 bits per heavy atom. The van der Waals surface area contributed by atoms with Crippen LogP contribution in [0.25, 0.3) is 0 Å². The Morgan fingerprint density at radius 1 is 1.06 bits per heavy atom.